The van der Waals surface area contributed by atoms with Crippen molar-refractivity contribution in [3.63, 3.8) is 0 Å². The fourth-order valence-electron chi connectivity index (χ4n) is 2.22. The fraction of sp³-hybridized carbons (Fsp3) is 0.500. The van der Waals surface area contributed by atoms with Crippen molar-refractivity contribution in [1.82, 2.24) is 19.5 Å². The van der Waals surface area contributed by atoms with Gasteiger partial charge in [-0.15, -0.1) is 0 Å². The van der Waals surface area contributed by atoms with E-state index >= 15 is 0 Å². The van der Waals surface area contributed by atoms with Crippen LogP contribution in [0.5, 0.6) is 0 Å². The van der Waals surface area contributed by atoms with E-state index < -0.39 is 31.1 Å². The van der Waals surface area contributed by atoms with Gasteiger partial charge in [-0.05, 0) is 15.9 Å². The minimum atomic E-state index is -1.22. The highest BCUT2D eigenvalue weighted by molar-refractivity contribution is 9.10. The molecule has 1 fully saturated rings. The number of ether oxygens (including phenoxy) is 1. The molecule has 0 bridgehead atoms. The molecular weight excluding hydrogens is 334 g/mol. The Morgan fingerprint density at radius 1 is 1.35 bits per heavy atom. The first-order chi connectivity index (χ1) is 9.54. The molecule has 0 spiro atoms. The second kappa shape index (κ2) is 4.90. The summed E-state index contributed by atoms with van der Waals surface area (Å²) < 4.78 is 7.23. The van der Waals surface area contributed by atoms with Gasteiger partial charge < -0.3 is 25.8 Å². The first kappa shape index (κ1) is 13.6. The summed E-state index contributed by atoms with van der Waals surface area (Å²) in [6.45, 7) is -0.407. The van der Waals surface area contributed by atoms with Crippen LogP contribution in [0, 0.1) is 0 Å². The zero-order valence-corrected chi connectivity index (χ0v) is 11.7. The van der Waals surface area contributed by atoms with Gasteiger partial charge in [0.2, 0.25) is 0 Å². The number of nitrogens with two attached hydrogens (primary N) is 1. The van der Waals surface area contributed by atoms with Gasteiger partial charge in [0.05, 0.1) is 6.61 Å². The van der Waals surface area contributed by atoms with Crippen molar-refractivity contribution in [2.45, 2.75) is 24.5 Å². The number of fused-ring (bicyclic) bond motifs is 1. The van der Waals surface area contributed by atoms with E-state index in [1.165, 1.54) is 10.9 Å². The minimum absolute atomic E-state index is 0.196. The smallest absolute Gasteiger partial charge is 0.181 e. The lowest BCUT2D eigenvalue weighted by molar-refractivity contribution is -0.0521. The quantitative estimate of drug-likeness (QED) is 0.496. The van der Waals surface area contributed by atoms with Crippen molar-refractivity contribution in [3.05, 3.63) is 11.1 Å². The molecule has 1 saturated heterocycles. The average Bonchev–Trinajstić information content (AvgIpc) is 2.90. The third-order valence-corrected chi connectivity index (χ3v) is 3.79. The number of rotatable bonds is 2. The van der Waals surface area contributed by atoms with Crippen LogP contribution in [0.25, 0.3) is 11.2 Å². The molecule has 3 heterocycles. The molecule has 5 N–H and O–H groups in total. The summed E-state index contributed by atoms with van der Waals surface area (Å²) in [4.78, 5) is 12.1. The molecule has 0 aromatic carbocycles. The van der Waals surface area contributed by atoms with Crippen LogP contribution in [0.3, 0.4) is 0 Å². The number of imidazole rings is 1. The van der Waals surface area contributed by atoms with Gasteiger partial charge in [0.15, 0.2) is 27.9 Å². The molecule has 1 aliphatic rings. The van der Waals surface area contributed by atoms with E-state index in [1.807, 2.05) is 0 Å². The Hall–Kier alpha value is -1.33. The van der Waals surface area contributed by atoms with Gasteiger partial charge in [-0.1, -0.05) is 0 Å². The van der Waals surface area contributed by atoms with Crippen LogP contribution in [0.1, 0.15) is 6.23 Å². The number of anilines is 1. The largest absolute Gasteiger partial charge is 0.394 e. The molecule has 2 unspecified atom stereocenters. The molecule has 0 aliphatic carbocycles. The lowest BCUT2D eigenvalue weighted by Gasteiger charge is -2.17. The monoisotopic (exact) mass is 345 g/mol. The summed E-state index contributed by atoms with van der Waals surface area (Å²) in [7, 11) is 0. The van der Waals surface area contributed by atoms with Gasteiger partial charge in [0.25, 0.3) is 0 Å². The molecule has 10 heteroatoms. The van der Waals surface area contributed by atoms with Crippen LogP contribution in [0.4, 0.5) is 5.82 Å². The van der Waals surface area contributed by atoms with Gasteiger partial charge in [-0.2, -0.15) is 0 Å². The van der Waals surface area contributed by atoms with Crippen LogP contribution in [-0.2, 0) is 4.74 Å². The van der Waals surface area contributed by atoms with Crippen LogP contribution < -0.4 is 5.73 Å². The molecular formula is C10H12BrN5O4. The zero-order chi connectivity index (χ0) is 14.4. The van der Waals surface area contributed by atoms with Crippen molar-refractivity contribution in [2.75, 3.05) is 12.3 Å². The highest BCUT2D eigenvalue weighted by Crippen LogP contribution is 2.34. The second-order valence-corrected chi connectivity index (χ2v) is 5.12. The molecule has 20 heavy (non-hydrogen) atoms. The van der Waals surface area contributed by atoms with Crippen LogP contribution in [0.2, 0.25) is 0 Å². The molecule has 108 valence electrons. The van der Waals surface area contributed by atoms with E-state index in [0.717, 1.165) is 0 Å². The van der Waals surface area contributed by atoms with E-state index in [4.69, 9.17) is 15.6 Å². The lowest BCUT2D eigenvalue weighted by atomic mass is 10.1. The summed E-state index contributed by atoms with van der Waals surface area (Å²) in [5.74, 6) is 0.196. The number of halogens is 1. The van der Waals surface area contributed by atoms with Crippen LogP contribution >= 0.6 is 15.9 Å². The molecule has 3 rings (SSSR count). The van der Waals surface area contributed by atoms with Gasteiger partial charge in [-0.25, -0.2) is 15.0 Å². The first-order valence-electron chi connectivity index (χ1n) is 5.81. The fourth-order valence-corrected chi connectivity index (χ4v) is 2.77. The first-order valence-corrected chi connectivity index (χ1v) is 6.60. The predicted molar refractivity (Wildman–Crippen MR) is 70.4 cm³/mol. The summed E-state index contributed by atoms with van der Waals surface area (Å²) >= 11 is 3.24. The summed E-state index contributed by atoms with van der Waals surface area (Å²) in [5.41, 5.74) is 6.43. The number of hydrogen-bond acceptors (Lipinski definition) is 8. The highest BCUT2D eigenvalue weighted by atomic mass is 79.9. The van der Waals surface area contributed by atoms with Gasteiger partial charge >= 0.3 is 0 Å². The number of nitrogens with zero attached hydrogens (tertiary/aromatic N) is 4. The van der Waals surface area contributed by atoms with Crippen molar-refractivity contribution in [3.8, 4) is 0 Å². The Labute approximate surface area is 121 Å². The lowest BCUT2D eigenvalue weighted by Crippen LogP contribution is -2.33. The Bertz CT molecular complexity index is 650. The standard InChI is InChI=1S/C10H12BrN5O4/c11-10-15-4-7(12)13-2-14-8(4)16(10)9-6(19)5(18)3(1-17)20-9/h2-3,5-6,9,17-19H,1H2,(H2,12,13,14)/t3?,5?,6-,9+/m0/s1. The van der Waals surface area contributed by atoms with E-state index in [0.29, 0.717) is 15.9 Å². The number of aliphatic hydroxyl groups is 3. The molecule has 0 saturated carbocycles. The van der Waals surface area contributed by atoms with Gasteiger partial charge in [0, 0.05) is 0 Å². The topological polar surface area (TPSA) is 140 Å². The highest BCUT2D eigenvalue weighted by Gasteiger charge is 2.44. The van der Waals surface area contributed by atoms with Crippen molar-refractivity contribution in [2.24, 2.45) is 0 Å². The Morgan fingerprint density at radius 2 is 2.10 bits per heavy atom. The van der Waals surface area contributed by atoms with E-state index in [1.54, 1.807) is 0 Å². The number of hydrogen-bond donors (Lipinski definition) is 4. The molecule has 2 aromatic rings. The average molecular weight is 346 g/mol. The zero-order valence-electron chi connectivity index (χ0n) is 10.1. The molecule has 9 nitrogen and oxygen atoms in total. The molecule has 4 atom stereocenters. The van der Waals surface area contributed by atoms with Crippen LogP contribution in [-0.4, -0.2) is 59.8 Å². The summed E-state index contributed by atoms with van der Waals surface area (Å²) in [6, 6.07) is 0. The van der Waals surface area contributed by atoms with Gasteiger partial charge in [-0.3, -0.25) is 4.57 Å². The maximum atomic E-state index is 10.1. The molecule has 2 aromatic heterocycles. The predicted octanol–water partition coefficient (Wildman–Crippen LogP) is -1.22. The number of nitrogen functional groups attached to an aromatic ring is 1. The third-order valence-electron chi connectivity index (χ3n) is 3.23. The number of aliphatic hydroxyl groups excluding tert-OH is 3. The van der Waals surface area contributed by atoms with E-state index in [-0.39, 0.29) is 5.82 Å². The Kier molecular flexibility index (Phi) is 3.34. The third kappa shape index (κ3) is 1.88. The van der Waals surface area contributed by atoms with E-state index in [2.05, 4.69) is 30.9 Å². The van der Waals surface area contributed by atoms with Crippen molar-refractivity contribution < 1.29 is 20.1 Å². The SMILES string of the molecule is Nc1ncnc2c1nc(Br)n2[C@@H]1OC(CO)C(O)[C@@H]1O. The minimum Gasteiger partial charge on any atom is -0.394 e. The Balaban J connectivity index is 2.11. The van der Waals surface area contributed by atoms with Gasteiger partial charge in [0.1, 0.15) is 24.6 Å². The molecule has 0 radical (unpaired) electrons. The Morgan fingerprint density at radius 3 is 2.75 bits per heavy atom. The summed E-state index contributed by atoms with van der Waals surface area (Å²) in [5, 5.41) is 29.0. The maximum Gasteiger partial charge on any atom is 0.181 e. The van der Waals surface area contributed by atoms with E-state index in [9.17, 15) is 10.2 Å². The van der Waals surface area contributed by atoms with Crippen molar-refractivity contribution >= 4 is 32.9 Å². The number of aromatic nitrogens is 4. The summed E-state index contributed by atoms with van der Waals surface area (Å²) in [6.07, 6.45) is -2.97. The molecule has 0 amide bonds. The molecule has 1 aliphatic heterocycles. The normalized spacial score (nSPS) is 30.2. The maximum absolute atomic E-state index is 10.1. The second-order valence-electron chi connectivity index (χ2n) is 4.41. The van der Waals surface area contributed by atoms with Crippen molar-refractivity contribution in [1.29, 1.82) is 0 Å². The van der Waals surface area contributed by atoms with Crippen LogP contribution in [0.15, 0.2) is 11.1 Å².